The summed E-state index contributed by atoms with van der Waals surface area (Å²) in [5.41, 5.74) is 2.27. The van der Waals surface area contributed by atoms with Crippen LogP contribution in [0.2, 0.25) is 0 Å². The molecule has 0 saturated carbocycles. The third kappa shape index (κ3) is 3.83. The summed E-state index contributed by atoms with van der Waals surface area (Å²) in [6.45, 7) is 5.82. The van der Waals surface area contributed by atoms with Crippen LogP contribution in [0, 0.1) is 0 Å². The number of hydrogen-bond acceptors (Lipinski definition) is 4. The number of halogens is 1. The number of alkyl halides is 1. The van der Waals surface area contributed by atoms with Gasteiger partial charge in [0.1, 0.15) is 12.2 Å². The minimum absolute atomic E-state index is 0.0547. The van der Waals surface area contributed by atoms with Gasteiger partial charge in [-0.15, -0.1) is 0 Å². The minimum atomic E-state index is -1.64. The smallest absolute Gasteiger partial charge is 0.410 e. The van der Waals surface area contributed by atoms with E-state index >= 15 is 4.39 Å². The van der Waals surface area contributed by atoms with Crippen molar-refractivity contribution in [3.05, 3.63) is 59.7 Å². The molecule has 2 aliphatic heterocycles. The molecule has 6 nitrogen and oxygen atoms in total. The zero-order chi connectivity index (χ0) is 23.4. The van der Waals surface area contributed by atoms with Gasteiger partial charge in [-0.3, -0.25) is 0 Å². The Morgan fingerprint density at radius 3 is 2.24 bits per heavy atom. The molecule has 2 atom stereocenters. The largest absolute Gasteiger partial charge is 0.448 e. The fourth-order valence-corrected chi connectivity index (χ4v) is 5.31. The number of carbonyl (C=O) groups excluding carboxylic acids is 2. The fourth-order valence-electron chi connectivity index (χ4n) is 5.31. The number of fused-ring (bicyclic) bond motifs is 4. The maximum Gasteiger partial charge on any atom is 0.410 e. The van der Waals surface area contributed by atoms with Gasteiger partial charge in [0.15, 0.2) is 5.67 Å². The highest BCUT2D eigenvalue weighted by molar-refractivity contribution is 5.79. The maximum absolute atomic E-state index is 15.6. The Kier molecular flexibility index (Phi) is 5.10. The first-order chi connectivity index (χ1) is 15.7. The van der Waals surface area contributed by atoms with Gasteiger partial charge in [-0.2, -0.15) is 0 Å². The minimum Gasteiger partial charge on any atom is -0.448 e. The molecule has 2 amide bonds. The molecule has 0 radical (unpaired) electrons. The van der Waals surface area contributed by atoms with Crippen LogP contribution in [0.5, 0.6) is 0 Å². The topological polar surface area (TPSA) is 59.1 Å². The van der Waals surface area contributed by atoms with Gasteiger partial charge in [0, 0.05) is 25.4 Å². The molecular formula is C26H29FN2O4. The normalized spacial score (nSPS) is 23.8. The van der Waals surface area contributed by atoms with E-state index in [-0.39, 0.29) is 38.6 Å². The van der Waals surface area contributed by atoms with Crippen LogP contribution in [-0.4, -0.2) is 65.5 Å². The average molecular weight is 453 g/mol. The van der Waals surface area contributed by atoms with Gasteiger partial charge in [0.2, 0.25) is 0 Å². The van der Waals surface area contributed by atoms with Gasteiger partial charge in [-0.25, -0.2) is 14.0 Å². The maximum atomic E-state index is 15.6. The molecule has 2 aromatic rings. The van der Waals surface area contributed by atoms with Gasteiger partial charge < -0.3 is 19.3 Å². The number of hydrogen-bond donors (Lipinski definition) is 0. The second-order valence-corrected chi connectivity index (χ2v) is 10.2. The molecule has 0 bridgehead atoms. The van der Waals surface area contributed by atoms with Crippen LogP contribution in [0.4, 0.5) is 14.0 Å². The highest BCUT2D eigenvalue weighted by Crippen LogP contribution is 2.45. The van der Waals surface area contributed by atoms with E-state index in [4.69, 9.17) is 9.47 Å². The summed E-state index contributed by atoms with van der Waals surface area (Å²) in [6.07, 6.45) is -0.907. The van der Waals surface area contributed by atoms with Crippen molar-refractivity contribution in [1.29, 1.82) is 0 Å². The lowest BCUT2D eigenvalue weighted by Gasteiger charge is -2.26. The Bertz CT molecular complexity index is 1050. The molecule has 2 fully saturated rings. The van der Waals surface area contributed by atoms with Crippen molar-refractivity contribution < 1.29 is 23.5 Å². The van der Waals surface area contributed by atoms with E-state index in [1.165, 1.54) is 9.80 Å². The molecule has 3 aliphatic rings. The van der Waals surface area contributed by atoms with Crippen LogP contribution < -0.4 is 0 Å². The van der Waals surface area contributed by atoms with Crippen LogP contribution in [0.25, 0.3) is 11.1 Å². The first kappa shape index (κ1) is 21.7. The molecule has 174 valence electrons. The van der Waals surface area contributed by atoms with Crippen LogP contribution in [-0.2, 0) is 9.47 Å². The van der Waals surface area contributed by atoms with Crippen molar-refractivity contribution in [1.82, 2.24) is 9.80 Å². The van der Waals surface area contributed by atoms with Crippen molar-refractivity contribution in [2.75, 3.05) is 26.2 Å². The molecule has 0 aromatic heterocycles. The fraction of sp³-hybridized carbons (Fsp3) is 0.462. The summed E-state index contributed by atoms with van der Waals surface area (Å²) >= 11 is 0. The molecule has 7 heteroatoms. The van der Waals surface area contributed by atoms with Crippen LogP contribution >= 0.6 is 0 Å². The van der Waals surface area contributed by atoms with E-state index in [0.717, 1.165) is 22.3 Å². The molecule has 2 unspecified atom stereocenters. The Morgan fingerprint density at radius 1 is 1.03 bits per heavy atom. The molecule has 1 aliphatic carbocycles. The molecule has 0 N–H and O–H groups in total. The summed E-state index contributed by atoms with van der Waals surface area (Å²) < 4.78 is 26.7. The number of ether oxygens (including phenoxy) is 2. The average Bonchev–Trinajstić information content (AvgIpc) is 3.37. The van der Waals surface area contributed by atoms with Gasteiger partial charge >= 0.3 is 12.2 Å². The molecule has 0 spiro atoms. The van der Waals surface area contributed by atoms with Crippen molar-refractivity contribution in [3.63, 3.8) is 0 Å². The zero-order valence-electron chi connectivity index (χ0n) is 19.2. The quantitative estimate of drug-likeness (QED) is 0.646. The highest BCUT2D eigenvalue weighted by Gasteiger charge is 2.57. The monoisotopic (exact) mass is 452 g/mol. The van der Waals surface area contributed by atoms with Crippen LogP contribution in [0.1, 0.15) is 44.2 Å². The van der Waals surface area contributed by atoms with E-state index in [9.17, 15) is 9.59 Å². The second-order valence-electron chi connectivity index (χ2n) is 10.2. The molecule has 33 heavy (non-hydrogen) atoms. The van der Waals surface area contributed by atoms with Gasteiger partial charge in [0.05, 0.1) is 12.6 Å². The summed E-state index contributed by atoms with van der Waals surface area (Å²) in [5, 5.41) is 0. The first-order valence-electron chi connectivity index (χ1n) is 11.4. The number of likely N-dealkylation sites (tertiary alicyclic amines) is 2. The van der Waals surface area contributed by atoms with E-state index in [0.29, 0.717) is 0 Å². The first-order valence-corrected chi connectivity index (χ1v) is 11.4. The number of amides is 2. The second kappa shape index (κ2) is 7.75. The van der Waals surface area contributed by atoms with E-state index in [1.807, 2.05) is 24.3 Å². The Morgan fingerprint density at radius 2 is 1.64 bits per heavy atom. The highest BCUT2D eigenvalue weighted by atomic mass is 19.1. The van der Waals surface area contributed by atoms with Gasteiger partial charge in [0.25, 0.3) is 0 Å². The molecule has 2 saturated heterocycles. The van der Waals surface area contributed by atoms with Crippen LogP contribution in [0.3, 0.4) is 0 Å². The van der Waals surface area contributed by atoms with Crippen molar-refractivity contribution in [2.24, 2.45) is 0 Å². The lowest BCUT2D eigenvalue weighted by molar-refractivity contribution is 0.0251. The summed E-state index contributed by atoms with van der Waals surface area (Å²) in [5.74, 6) is -0.0547. The standard InChI is InChI=1S/C26H29FN2O4/c1-25(2,3)33-23(30)28-14-22-26(27,16-28)12-13-29(22)24(31)32-15-21-19-10-6-4-8-17(19)18-9-5-7-11-20(18)21/h4-11,21-22H,12-16H2,1-3H3. The predicted molar refractivity (Wildman–Crippen MR) is 122 cm³/mol. The molecule has 2 heterocycles. The Labute approximate surface area is 193 Å². The number of nitrogens with zero attached hydrogens (tertiary/aromatic N) is 2. The molecule has 2 aromatic carbocycles. The molecular weight excluding hydrogens is 423 g/mol. The lowest BCUT2D eigenvalue weighted by Crippen LogP contribution is -2.44. The summed E-state index contributed by atoms with van der Waals surface area (Å²) in [7, 11) is 0. The summed E-state index contributed by atoms with van der Waals surface area (Å²) in [6, 6.07) is 15.5. The Hall–Kier alpha value is -3.09. The van der Waals surface area contributed by atoms with Gasteiger partial charge in [-0.05, 0) is 43.0 Å². The number of rotatable bonds is 2. The van der Waals surface area contributed by atoms with Gasteiger partial charge in [-0.1, -0.05) is 48.5 Å². The third-order valence-electron chi connectivity index (χ3n) is 6.81. The molecule has 5 rings (SSSR count). The lowest BCUT2D eigenvalue weighted by atomic mass is 9.98. The number of carbonyl (C=O) groups is 2. The van der Waals surface area contributed by atoms with Crippen molar-refractivity contribution in [2.45, 2.75) is 50.4 Å². The van der Waals surface area contributed by atoms with Crippen molar-refractivity contribution >= 4 is 12.2 Å². The van der Waals surface area contributed by atoms with E-state index in [2.05, 4.69) is 24.3 Å². The van der Waals surface area contributed by atoms with Crippen molar-refractivity contribution in [3.8, 4) is 11.1 Å². The predicted octanol–water partition coefficient (Wildman–Crippen LogP) is 4.97. The Balaban J connectivity index is 1.27. The zero-order valence-corrected chi connectivity index (χ0v) is 19.2. The SMILES string of the molecule is CC(C)(C)OC(=O)N1CC2N(C(=O)OCC3c4ccccc4-c4ccccc43)CCC2(F)C1. The summed E-state index contributed by atoms with van der Waals surface area (Å²) in [4.78, 5) is 28.3. The van der Waals surface area contributed by atoms with E-state index < -0.39 is 29.5 Å². The van der Waals surface area contributed by atoms with E-state index in [1.54, 1.807) is 20.8 Å². The number of benzene rings is 2. The van der Waals surface area contributed by atoms with Crippen LogP contribution in [0.15, 0.2) is 48.5 Å². The third-order valence-corrected chi connectivity index (χ3v) is 6.81.